The minimum atomic E-state index is 0. The van der Waals surface area contributed by atoms with Gasteiger partial charge in [-0.2, -0.15) is 12.6 Å². The van der Waals surface area contributed by atoms with Crippen LogP contribution in [0.4, 0.5) is 0 Å². The lowest BCUT2D eigenvalue weighted by Gasteiger charge is -2.01. The van der Waals surface area contributed by atoms with Crippen molar-refractivity contribution in [3.8, 4) is 0 Å². The summed E-state index contributed by atoms with van der Waals surface area (Å²) in [4.78, 5) is 21.5. The Morgan fingerprint density at radius 1 is 1.29 bits per heavy atom. The molecule has 0 aromatic heterocycles. The van der Waals surface area contributed by atoms with Gasteiger partial charge in [0.15, 0.2) is 0 Å². The summed E-state index contributed by atoms with van der Waals surface area (Å²) < 4.78 is 0. The van der Waals surface area contributed by atoms with Crippen LogP contribution >= 0.6 is 12.6 Å². The van der Waals surface area contributed by atoms with Crippen molar-refractivity contribution in [3.05, 3.63) is 0 Å². The van der Waals surface area contributed by atoms with Crippen LogP contribution in [0.3, 0.4) is 0 Å². The molecular weight excluding hydrogens is 198 g/mol. The molecule has 3 nitrogen and oxygen atoms in total. The maximum atomic E-state index is 11.0. The van der Waals surface area contributed by atoms with Crippen LogP contribution < -0.4 is 5.32 Å². The van der Waals surface area contributed by atoms with E-state index in [0.717, 1.165) is 13.0 Å². The van der Waals surface area contributed by atoms with E-state index in [1.807, 2.05) is 6.92 Å². The number of hydrogen-bond acceptors (Lipinski definition) is 3. The molecule has 0 aromatic rings. The Labute approximate surface area is 93.5 Å². The monoisotopic (exact) mass is 221 g/mol. The summed E-state index contributed by atoms with van der Waals surface area (Å²) in [6.45, 7) is 4.29. The van der Waals surface area contributed by atoms with Crippen molar-refractivity contribution in [3.63, 3.8) is 0 Å². The van der Waals surface area contributed by atoms with Gasteiger partial charge in [-0.25, -0.2) is 0 Å². The Hall–Kier alpha value is -0.510. The normalized spacial score (nSPS) is 8.57. The highest BCUT2D eigenvalue weighted by atomic mass is 32.1. The summed E-state index contributed by atoms with van der Waals surface area (Å²) in [5.74, 6) is 0.205. The average Bonchev–Trinajstić information content (AvgIpc) is 2.17. The molecule has 0 aliphatic heterocycles. The number of carbonyl (C=O) groups is 2. The number of carbonyl (C=O) groups excluding carboxylic acids is 2. The van der Waals surface area contributed by atoms with Gasteiger partial charge in [0.2, 0.25) is 5.91 Å². The standard InChI is InChI=1S/C9H17NO2.CH4S.H2/c1-3-7-10-9(12)6-4-5-8(2)11;1-2;/h3-7H2,1-2H3,(H,10,12);2H,1H3;1H. The van der Waals surface area contributed by atoms with Gasteiger partial charge in [0.1, 0.15) is 5.78 Å². The molecule has 0 saturated carbocycles. The van der Waals surface area contributed by atoms with Gasteiger partial charge in [-0.1, -0.05) is 6.92 Å². The third-order valence-electron chi connectivity index (χ3n) is 1.50. The fourth-order valence-electron chi connectivity index (χ4n) is 0.851. The Morgan fingerprint density at radius 3 is 2.29 bits per heavy atom. The molecule has 0 spiro atoms. The molecule has 14 heavy (non-hydrogen) atoms. The first kappa shape index (κ1) is 15.9. The van der Waals surface area contributed by atoms with E-state index < -0.39 is 0 Å². The lowest BCUT2D eigenvalue weighted by atomic mass is 10.2. The number of thiol groups is 1. The molecule has 0 aliphatic rings. The third-order valence-corrected chi connectivity index (χ3v) is 1.50. The highest BCUT2D eigenvalue weighted by molar-refractivity contribution is 7.79. The first-order valence-electron chi connectivity index (χ1n) is 4.87. The van der Waals surface area contributed by atoms with Gasteiger partial charge in [-0.3, -0.25) is 4.79 Å². The van der Waals surface area contributed by atoms with Gasteiger partial charge in [-0.05, 0) is 26.0 Å². The molecule has 0 aliphatic carbocycles. The molecule has 0 saturated heterocycles. The number of hydrogen-bond donors (Lipinski definition) is 2. The Kier molecular flexibility index (Phi) is 14.2. The van der Waals surface area contributed by atoms with Gasteiger partial charge >= 0.3 is 0 Å². The summed E-state index contributed by atoms with van der Waals surface area (Å²) in [5, 5.41) is 2.76. The van der Waals surface area contributed by atoms with Crippen molar-refractivity contribution < 1.29 is 11.0 Å². The fourth-order valence-corrected chi connectivity index (χ4v) is 0.851. The first-order chi connectivity index (χ1) is 6.66. The van der Waals surface area contributed by atoms with Crippen molar-refractivity contribution in [1.29, 1.82) is 0 Å². The lowest BCUT2D eigenvalue weighted by molar-refractivity contribution is -0.121. The quantitative estimate of drug-likeness (QED) is 0.674. The first-order valence-corrected chi connectivity index (χ1v) is 5.77. The fraction of sp³-hybridized carbons (Fsp3) is 0.800. The van der Waals surface area contributed by atoms with E-state index in [9.17, 15) is 9.59 Å². The molecule has 0 aromatic carbocycles. The zero-order chi connectivity index (χ0) is 11.4. The summed E-state index contributed by atoms with van der Waals surface area (Å²) in [6, 6.07) is 0. The van der Waals surface area contributed by atoms with Crippen LogP contribution in [-0.4, -0.2) is 24.5 Å². The Morgan fingerprint density at radius 2 is 1.86 bits per heavy atom. The van der Waals surface area contributed by atoms with Gasteiger partial charge < -0.3 is 10.1 Å². The summed E-state index contributed by atoms with van der Waals surface area (Å²) in [6.07, 6.45) is 4.31. The van der Waals surface area contributed by atoms with E-state index in [2.05, 4.69) is 17.9 Å². The van der Waals surface area contributed by atoms with Crippen LogP contribution in [0.2, 0.25) is 0 Å². The molecule has 86 valence electrons. The van der Waals surface area contributed by atoms with E-state index in [1.165, 1.54) is 0 Å². The Bertz CT molecular complexity index is 166. The molecule has 1 amide bonds. The smallest absolute Gasteiger partial charge is 0.220 e. The second kappa shape index (κ2) is 12.5. The van der Waals surface area contributed by atoms with Crippen LogP contribution in [-0.2, 0) is 9.59 Å². The maximum Gasteiger partial charge on any atom is 0.220 e. The highest BCUT2D eigenvalue weighted by Gasteiger charge is 2.00. The van der Waals surface area contributed by atoms with Gasteiger partial charge in [0.25, 0.3) is 0 Å². The minimum absolute atomic E-state index is 0. The van der Waals surface area contributed by atoms with Gasteiger partial charge in [0.05, 0.1) is 0 Å². The highest BCUT2D eigenvalue weighted by Crippen LogP contribution is 1.95. The summed E-state index contributed by atoms with van der Waals surface area (Å²) in [5.41, 5.74) is 0. The number of ketones is 1. The summed E-state index contributed by atoms with van der Waals surface area (Å²) in [7, 11) is 0. The minimum Gasteiger partial charge on any atom is -0.356 e. The molecule has 1 N–H and O–H groups in total. The number of rotatable bonds is 6. The largest absolute Gasteiger partial charge is 0.356 e. The number of amides is 1. The van der Waals surface area contributed by atoms with Gasteiger partial charge in [-0.15, -0.1) is 0 Å². The predicted molar refractivity (Wildman–Crippen MR) is 64.9 cm³/mol. The molecule has 0 radical (unpaired) electrons. The van der Waals surface area contributed by atoms with E-state index in [4.69, 9.17) is 0 Å². The van der Waals surface area contributed by atoms with Crippen LogP contribution in [0.1, 0.15) is 41.0 Å². The predicted octanol–water partition coefficient (Wildman–Crippen LogP) is 2.06. The molecule has 0 unspecified atom stereocenters. The second-order valence-corrected chi connectivity index (χ2v) is 2.91. The molecule has 0 bridgehead atoms. The number of nitrogens with one attached hydrogen (secondary N) is 1. The van der Waals surface area contributed by atoms with Crippen LogP contribution in [0, 0.1) is 0 Å². The van der Waals surface area contributed by atoms with E-state index in [0.29, 0.717) is 19.3 Å². The van der Waals surface area contributed by atoms with Crippen LogP contribution in [0.5, 0.6) is 0 Å². The molecule has 0 atom stereocenters. The van der Waals surface area contributed by atoms with Crippen LogP contribution in [0.15, 0.2) is 0 Å². The van der Waals surface area contributed by atoms with Crippen molar-refractivity contribution in [1.82, 2.24) is 5.32 Å². The van der Waals surface area contributed by atoms with Crippen molar-refractivity contribution in [2.24, 2.45) is 0 Å². The lowest BCUT2D eigenvalue weighted by Crippen LogP contribution is -2.23. The Balaban J connectivity index is -0.000000449. The zero-order valence-electron chi connectivity index (χ0n) is 9.30. The van der Waals surface area contributed by atoms with Crippen molar-refractivity contribution in [2.45, 2.75) is 39.5 Å². The molecule has 4 heteroatoms. The number of Topliss-reactive ketones (excluding diaryl/α,β-unsaturated/α-hetero) is 1. The molecule has 0 heterocycles. The third kappa shape index (κ3) is 14.0. The maximum absolute atomic E-state index is 11.0. The zero-order valence-corrected chi connectivity index (χ0v) is 10.2. The van der Waals surface area contributed by atoms with Crippen molar-refractivity contribution in [2.75, 3.05) is 12.8 Å². The summed E-state index contributed by atoms with van der Waals surface area (Å²) >= 11 is 3.53. The van der Waals surface area contributed by atoms with Crippen molar-refractivity contribution >= 4 is 24.3 Å². The molecule has 0 rings (SSSR count). The second-order valence-electron chi connectivity index (χ2n) is 2.91. The topological polar surface area (TPSA) is 46.2 Å². The van der Waals surface area contributed by atoms with Crippen LogP contribution in [0.25, 0.3) is 0 Å². The van der Waals surface area contributed by atoms with E-state index >= 15 is 0 Å². The average molecular weight is 221 g/mol. The molecule has 0 fully saturated rings. The molecular formula is C10H23NO2S. The van der Waals surface area contributed by atoms with E-state index in [-0.39, 0.29) is 13.1 Å². The van der Waals surface area contributed by atoms with Gasteiger partial charge in [0, 0.05) is 20.8 Å². The SMILES string of the molecule is CCCNC(=O)CCCC(C)=O.CS.[HH]. The van der Waals surface area contributed by atoms with E-state index in [1.54, 1.807) is 13.2 Å².